The Morgan fingerprint density at radius 2 is 1.89 bits per heavy atom. The molecule has 0 spiro atoms. The molecule has 0 saturated heterocycles. The van der Waals surface area contributed by atoms with Gasteiger partial charge in [-0.3, -0.25) is 0 Å². The molecule has 0 aliphatic rings. The van der Waals surface area contributed by atoms with Crippen LogP contribution in [0.3, 0.4) is 0 Å². The van der Waals surface area contributed by atoms with Crippen LogP contribution in [0.4, 0.5) is 4.39 Å². The first-order chi connectivity index (χ1) is 13.6. The summed E-state index contributed by atoms with van der Waals surface area (Å²) in [4.78, 5) is 20.2. The number of rotatable bonds is 6. The molecule has 28 heavy (non-hydrogen) atoms. The van der Waals surface area contributed by atoms with E-state index in [0.717, 1.165) is 46.4 Å². The molecule has 0 atom stereocenters. The number of halogens is 1. The van der Waals surface area contributed by atoms with Crippen molar-refractivity contribution in [2.45, 2.75) is 33.1 Å². The molecule has 6 heteroatoms. The molecule has 0 unspecified atom stereocenters. The quantitative estimate of drug-likeness (QED) is 0.510. The van der Waals surface area contributed by atoms with Crippen molar-refractivity contribution in [3.05, 3.63) is 89.1 Å². The van der Waals surface area contributed by atoms with Crippen LogP contribution < -0.4 is 0 Å². The first-order valence-electron chi connectivity index (χ1n) is 9.36. The van der Waals surface area contributed by atoms with E-state index < -0.39 is 5.95 Å². The van der Waals surface area contributed by atoms with Crippen LogP contribution in [0.1, 0.15) is 47.1 Å². The van der Waals surface area contributed by atoms with E-state index in [9.17, 15) is 4.39 Å². The molecular weight excluding hydrogens is 353 g/mol. The summed E-state index contributed by atoms with van der Waals surface area (Å²) < 4.78 is 14.6. The fraction of sp³-hybridized carbons (Fsp3) is 0.227. The van der Waals surface area contributed by atoms with E-state index in [4.69, 9.17) is 0 Å². The minimum atomic E-state index is -0.466. The second-order valence-electron chi connectivity index (χ2n) is 6.91. The first-order valence-corrected chi connectivity index (χ1v) is 9.36. The molecule has 0 aromatic carbocycles. The van der Waals surface area contributed by atoms with Crippen molar-refractivity contribution < 1.29 is 4.39 Å². The molecule has 141 valence electrons. The lowest BCUT2D eigenvalue weighted by Gasteiger charge is -2.06. The number of nitrogens with zero attached hydrogens (tertiary/aromatic N) is 4. The van der Waals surface area contributed by atoms with Crippen LogP contribution in [-0.2, 0) is 12.8 Å². The third-order valence-corrected chi connectivity index (χ3v) is 4.60. The maximum atomic E-state index is 14.6. The van der Waals surface area contributed by atoms with E-state index >= 15 is 0 Å². The van der Waals surface area contributed by atoms with Gasteiger partial charge in [-0.15, -0.1) is 0 Å². The highest BCUT2D eigenvalue weighted by Crippen LogP contribution is 2.22. The van der Waals surface area contributed by atoms with E-state index in [0.29, 0.717) is 17.7 Å². The Bertz CT molecular complexity index is 1100. The zero-order valence-corrected chi connectivity index (χ0v) is 15.9. The van der Waals surface area contributed by atoms with Crippen molar-refractivity contribution in [3.63, 3.8) is 0 Å². The lowest BCUT2D eigenvalue weighted by molar-refractivity contribution is 0.567. The maximum absolute atomic E-state index is 14.6. The van der Waals surface area contributed by atoms with E-state index in [-0.39, 0.29) is 0 Å². The van der Waals surface area contributed by atoms with Crippen molar-refractivity contribution in [2.24, 2.45) is 0 Å². The van der Waals surface area contributed by atoms with Crippen molar-refractivity contribution in [1.29, 1.82) is 0 Å². The molecule has 0 fully saturated rings. The summed E-state index contributed by atoms with van der Waals surface area (Å²) >= 11 is 0. The molecule has 0 saturated carbocycles. The number of hydrogen-bond acceptors (Lipinski definition) is 4. The Kier molecular flexibility index (Phi) is 5.10. The highest BCUT2D eigenvalue weighted by molar-refractivity contribution is 5.80. The average molecular weight is 374 g/mol. The van der Waals surface area contributed by atoms with E-state index in [1.807, 2.05) is 25.4 Å². The second kappa shape index (κ2) is 7.84. The maximum Gasteiger partial charge on any atom is 0.216 e. The minimum absolute atomic E-state index is 0.457. The Morgan fingerprint density at radius 3 is 2.64 bits per heavy atom. The second-order valence-corrected chi connectivity index (χ2v) is 6.91. The number of H-pyrrole nitrogens is 1. The average Bonchev–Trinajstić information content (AvgIpc) is 3.08. The lowest BCUT2D eigenvalue weighted by Crippen LogP contribution is -2.01. The molecule has 4 aromatic heterocycles. The Labute approximate surface area is 163 Å². The van der Waals surface area contributed by atoms with Gasteiger partial charge in [0.05, 0.1) is 5.69 Å². The summed E-state index contributed by atoms with van der Waals surface area (Å²) in [6.07, 6.45) is 11.3. The van der Waals surface area contributed by atoms with Crippen LogP contribution in [0, 0.1) is 19.3 Å². The molecule has 4 heterocycles. The van der Waals surface area contributed by atoms with Crippen molar-refractivity contribution in [3.8, 4) is 0 Å². The first kappa shape index (κ1) is 18.2. The third-order valence-electron chi connectivity index (χ3n) is 4.60. The smallest absolute Gasteiger partial charge is 0.216 e. The third kappa shape index (κ3) is 3.91. The molecule has 0 aliphatic heterocycles. The minimum Gasteiger partial charge on any atom is -0.346 e. The summed E-state index contributed by atoms with van der Waals surface area (Å²) in [6.45, 7) is 4.08. The van der Waals surface area contributed by atoms with Crippen LogP contribution in [0.2, 0.25) is 0 Å². The van der Waals surface area contributed by atoms with Crippen LogP contribution >= 0.6 is 0 Å². The van der Waals surface area contributed by atoms with Gasteiger partial charge >= 0.3 is 0 Å². The fourth-order valence-electron chi connectivity index (χ4n) is 3.17. The molecule has 0 bridgehead atoms. The Morgan fingerprint density at radius 1 is 1.07 bits per heavy atom. The number of nitrogens with one attached hydrogen (secondary N) is 1. The van der Waals surface area contributed by atoms with Gasteiger partial charge in [0.2, 0.25) is 5.95 Å². The fourth-order valence-corrected chi connectivity index (χ4v) is 3.17. The van der Waals surface area contributed by atoms with Crippen molar-refractivity contribution in [2.75, 3.05) is 0 Å². The van der Waals surface area contributed by atoms with Crippen molar-refractivity contribution >= 4 is 11.0 Å². The van der Waals surface area contributed by atoms with Crippen LogP contribution in [0.25, 0.3) is 11.0 Å². The zero-order chi connectivity index (χ0) is 19.5. The molecule has 4 aromatic rings. The van der Waals surface area contributed by atoms with Gasteiger partial charge in [-0.1, -0.05) is 13.0 Å². The highest BCUT2D eigenvalue weighted by Gasteiger charge is 2.11. The number of hydrogen-bond donors (Lipinski definition) is 1. The largest absolute Gasteiger partial charge is 0.346 e. The highest BCUT2D eigenvalue weighted by atomic mass is 19.1. The van der Waals surface area contributed by atoms with Gasteiger partial charge in [-0.05, 0) is 42.2 Å². The van der Waals surface area contributed by atoms with Gasteiger partial charge in [0.25, 0.3) is 0 Å². The normalized spacial score (nSPS) is 11.2. The van der Waals surface area contributed by atoms with Gasteiger partial charge in [0.15, 0.2) is 0 Å². The van der Waals surface area contributed by atoms with Gasteiger partial charge in [0, 0.05) is 55.0 Å². The van der Waals surface area contributed by atoms with Crippen LogP contribution in [0.15, 0.2) is 43.0 Å². The zero-order valence-electron chi connectivity index (χ0n) is 15.9. The van der Waals surface area contributed by atoms with Crippen LogP contribution in [-0.4, -0.2) is 24.9 Å². The van der Waals surface area contributed by atoms with E-state index in [2.05, 4.69) is 37.9 Å². The molecule has 1 radical (unpaired) electrons. The van der Waals surface area contributed by atoms with Gasteiger partial charge in [-0.2, -0.15) is 4.39 Å². The number of aryl methyl sites for hydroxylation is 2. The van der Waals surface area contributed by atoms with E-state index in [1.165, 1.54) is 0 Å². The summed E-state index contributed by atoms with van der Waals surface area (Å²) in [7, 11) is 0. The lowest BCUT2D eigenvalue weighted by atomic mass is 10.0. The Balaban J connectivity index is 1.51. The number of aromatic nitrogens is 5. The van der Waals surface area contributed by atoms with E-state index in [1.54, 1.807) is 24.9 Å². The number of pyridine rings is 2. The van der Waals surface area contributed by atoms with Crippen LogP contribution in [0.5, 0.6) is 0 Å². The molecular formula is C22H21FN5. The predicted octanol–water partition coefficient (Wildman–Crippen LogP) is 4.34. The van der Waals surface area contributed by atoms with Gasteiger partial charge < -0.3 is 4.98 Å². The SMILES string of the molecule is CCCc1ncc([CH]c2ccc(Cc3c[nH]c4ncc(C)cc34)c(F)n2)cn1. The standard InChI is InChI=1S/C22H21FN5/c1-3-4-20-24-11-15(12-25-20)8-18-6-5-16(21(23)28-18)9-17-13-27-22-19(17)7-14(2)10-26-22/h5-8,10-13H,3-4,9H2,1-2H3,(H,26,27). The molecule has 4 rings (SSSR count). The molecule has 0 amide bonds. The van der Waals surface area contributed by atoms with Gasteiger partial charge in [-0.25, -0.2) is 19.9 Å². The Hall–Kier alpha value is -3.15. The topological polar surface area (TPSA) is 67.3 Å². The predicted molar refractivity (Wildman–Crippen MR) is 106 cm³/mol. The monoisotopic (exact) mass is 374 g/mol. The number of aromatic amines is 1. The number of fused-ring (bicyclic) bond motifs is 1. The van der Waals surface area contributed by atoms with Gasteiger partial charge in [0.1, 0.15) is 11.5 Å². The molecule has 0 aliphatic carbocycles. The summed E-state index contributed by atoms with van der Waals surface area (Å²) in [6, 6.07) is 5.66. The summed E-state index contributed by atoms with van der Waals surface area (Å²) in [5.74, 6) is 0.352. The molecule has 1 N–H and O–H groups in total. The summed E-state index contributed by atoms with van der Waals surface area (Å²) in [5, 5.41) is 1.01. The molecule has 5 nitrogen and oxygen atoms in total. The summed E-state index contributed by atoms with van der Waals surface area (Å²) in [5.41, 5.74) is 4.79. The van der Waals surface area contributed by atoms with Crippen molar-refractivity contribution in [1.82, 2.24) is 24.9 Å².